The third-order valence-corrected chi connectivity index (χ3v) is 5.21. The third-order valence-electron chi connectivity index (χ3n) is 3.81. The van der Waals surface area contributed by atoms with Gasteiger partial charge in [0.25, 0.3) is 15.9 Å². The quantitative estimate of drug-likeness (QED) is 0.638. The second-order valence-corrected chi connectivity index (χ2v) is 7.66. The summed E-state index contributed by atoms with van der Waals surface area (Å²) >= 11 is 0. The van der Waals surface area contributed by atoms with Crippen molar-refractivity contribution in [2.75, 3.05) is 16.6 Å². The maximum absolute atomic E-state index is 12.4. The van der Waals surface area contributed by atoms with Crippen LogP contribution in [-0.2, 0) is 14.8 Å². The number of carbonyl (C=O) groups is 1. The highest BCUT2D eigenvalue weighted by Crippen LogP contribution is 2.18. The van der Waals surface area contributed by atoms with Crippen LogP contribution in [0, 0.1) is 6.92 Å². The molecule has 0 aliphatic rings. The van der Waals surface area contributed by atoms with Crippen molar-refractivity contribution in [3.8, 4) is 5.75 Å². The zero-order valence-corrected chi connectivity index (χ0v) is 15.9. The Bertz CT molecular complexity index is 1050. The molecule has 0 unspecified atom stereocenters. The number of hydrogen-bond donors (Lipinski definition) is 2. The maximum atomic E-state index is 12.4. The van der Waals surface area contributed by atoms with Gasteiger partial charge in [0.05, 0.1) is 16.8 Å². The molecule has 0 saturated carbocycles. The van der Waals surface area contributed by atoms with Crippen LogP contribution in [0.5, 0.6) is 5.75 Å². The molecule has 8 heteroatoms. The van der Waals surface area contributed by atoms with E-state index in [1.807, 2.05) is 25.1 Å². The molecule has 7 nitrogen and oxygen atoms in total. The Labute approximate surface area is 163 Å². The predicted molar refractivity (Wildman–Crippen MR) is 107 cm³/mol. The fourth-order valence-electron chi connectivity index (χ4n) is 2.41. The van der Waals surface area contributed by atoms with Gasteiger partial charge in [-0.3, -0.25) is 14.5 Å². The fourth-order valence-corrected chi connectivity index (χ4v) is 3.46. The maximum Gasteiger partial charge on any atom is 0.262 e. The van der Waals surface area contributed by atoms with Gasteiger partial charge in [0.15, 0.2) is 6.61 Å². The number of ether oxygens (including phenoxy) is 1. The van der Waals surface area contributed by atoms with E-state index in [1.165, 1.54) is 30.5 Å². The number of aryl methyl sites for hydroxylation is 1. The van der Waals surface area contributed by atoms with Crippen LogP contribution in [0.4, 0.5) is 11.4 Å². The Balaban J connectivity index is 1.59. The first-order valence-electron chi connectivity index (χ1n) is 8.45. The average molecular weight is 397 g/mol. The van der Waals surface area contributed by atoms with E-state index in [-0.39, 0.29) is 17.4 Å². The molecule has 1 aromatic heterocycles. The summed E-state index contributed by atoms with van der Waals surface area (Å²) in [5.74, 6) is 0.299. The van der Waals surface area contributed by atoms with Crippen LogP contribution in [0.15, 0.2) is 78.0 Å². The van der Waals surface area contributed by atoms with E-state index in [2.05, 4.69) is 15.0 Å². The number of hydrogen-bond acceptors (Lipinski definition) is 5. The smallest absolute Gasteiger partial charge is 0.262 e. The molecule has 2 aromatic carbocycles. The van der Waals surface area contributed by atoms with Crippen molar-refractivity contribution in [1.29, 1.82) is 0 Å². The molecule has 28 heavy (non-hydrogen) atoms. The van der Waals surface area contributed by atoms with Crippen LogP contribution in [-0.4, -0.2) is 25.9 Å². The first-order valence-corrected chi connectivity index (χ1v) is 9.93. The molecule has 1 amide bonds. The van der Waals surface area contributed by atoms with Gasteiger partial charge in [0.2, 0.25) is 0 Å². The van der Waals surface area contributed by atoms with Crippen molar-refractivity contribution in [2.24, 2.45) is 0 Å². The summed E-state index contributed by atoms with van der Waals surface area (Å²) in [5.41, 5.74) is 1.78. The molecular weight excluding hydrogens is 378 g/mol. The number of anilines is 2. The van der Waals surface area contributed by atoms with E-state index in [0.29, 0.717) is 17.1 Å². The normalized spacial score (nSPS) is 10.9. The van der Waals surface area contributed by atoms with Crippen molar-refractivity contribution in [1.82, 2.24) is 4.98 Å². The summed E-state index contributed by atoms with van der Waals surface area (Å²) in [4.78, 5) is 16.0. The summed E-state index contributed by atoms with van der Waals surface area (Å²) in [7, 11) is -3.74. The molecule has 0 fully saturated rings. The van der Waals surface area contributed by atoms with Crippen LogP contribution in [0.2, 0.25) is 0 Å². The highest BCUT2D eigenvalue weighted by molar-refractivity contribution is 7.92. The summed E-state index contributed by atoms with van der Waals surface area (Å²) < 4.78 is 32.7. The van der Waals surface area contributed by atoms with Gasteiger partial charge in [-0.25, -0.2) is 8.42 Å². The van der Waals surface area contributed by atoms with E-state index >= 15 is 0 Å². The number of amides is 1. The van der Waals surface area contributed by atoms with Gasteiger partial charge in [0, 0.05) is 11.9 Å². The largest absolute Gasteiger partial charge is 0.483 e. The first-order chi connectivity index (χ1) is 13.4. The monoisotopic (exact) mass is 397 g/mol. The lowest BCUT2D eigenvalue weighted by Crippen LogP contribution is -2.20. The summed E-state index contributed by atoms with van der Waals surface area (Å²) in [5, 5.41) is 2.67. The van der Waals surface area contributed by atoms with Crippen molar-refractivity contribution in [3.63, 3.8) is 0 Å². The van der Waals surface area contributed by atoms with Crippen molar-refractivity contribution >= 4 is 27.3 Å². The summed E-state index contributed by atoms with van der Waals surface area (Å²) in [6.07, 6.45) is 2.97. The van der Waals surface area contributed by atoms with Crippen molar-refractivity contribution in [2.45, 2.75) is 11.8 Å². The number of nitrogens with zero attached hydrogens (tertiary/aromatic N) is 1. The van der Waals surface area contributed by atoms with Crippen LogP contribution in [0.25, 0.3) is 0 Å². The molecule has 0 bridgehead atoms. The molecular formula is C20H19N3O4S. The van der Waals surface area contributed by atoms with Gasteiger partial charge in [-0.2, -0.15) is 0 Å². The zero-order valence-electron chi connectivity index (χ0n) is 15.1. The Morgan fingerprint density at radius 2 is 1.75 bits per heavy atom. The van der Waals surface area contributed by atoms with Crippen molar-refractivity contribution in [3.05, 3.63) is 78.6 Å². The highest BCUT2D eigenvalue weighted by Gasteiger charge is 2.14. The number of carbonyl (C=O) groups excluding carboxylic acids is 1. The molecule has 0 atom stereocenters. The van der Waals surface area contributed by atoms with Crippen LogP contribution in [0.3, 0.4) is 0 Å². The molecule has 0 spiro atoms. The lowest BCUT2D eigenvalue weighted by Gasteiger charge is -2.10. The Morgan fingerprint density at radius 1 is 1.00 bits per heavy atom. The number of para-hydroxylation sites is 1. The van der Waals surface area contributed by atoms with Gasteiger partial charge in [-0.1, -0.05) is 18.2 Å². The van der Waals surface area contributed by atoms with E-state index in [1.54, 1.807) is 24.4 Å². The lowest BCUT2D eigenvalue weighted by atomic mass is 10.2. The standard InChI is InChI=1S/C20H19N3O4S/c1-15-5-2-3-7-19(15)27-14-20(24)22-16-8-10-18(11-9-16)28(25,26)23-17-6-4-12-21-13-17/h2-13,23H,14H2,1H3,(H,22,24). The van der Waals surface area contributed by atoms with Gasteiger partial charge in [-0.15, -0.1) is 0 Å². The third kappa shape index (κ3) is 5.08. The number of aromatic nitrogens is 1. The number of pyridine rings is 1. The molecule has 1 heterocycles. The molecule has 144 valence electrons. The minimum atomic E-state index is -3.74. The second-order valence-electron chi connectivity index (χ2n) is 5.97. The minimum absolute atomic E-state index is 0.0745. The predicted octanol–water partition coefficient (Wildman–Crippen LogP) is 3.21. The number of benzene rings is 2. The van der Waals surface area contributed by atoms with E-state index < -0.39 is 10.0 Å². The second kappa shape index (κ2) is 8.53. The fraction of sp³-hybridized carbons (Fsp3) is 0.100. The Kier molecular flexibility index (Phi) is 5.90. The van der Waals surface area contributed by atoms with Crippen LogP contribution in [0.1, 0.15) is 5.56 Å². The molecule has 3 aromatic rings. The van der Waals surface area contributed by atoms with Crippen LogP contribution >= 0.6 is 0 Å². The van der Waals surface area contributed by atoms with E-state index in [4.69, 9.17) is 4.74 Å². The lowest BCUT2D eigenvalue weighted by molar-refractivity contribution is -0.118. The molecule has 0 aliphatic heterocycles. The van der Waals surface area contributed by atoms with Gasteiger partial charge in [0.1, 0.15) is 5.75 Å². The first kappa shape index (κ1) is 19.4. The van der Waals surface area contributed by atoms with Crippen molar-refractivity contribution < 1.29 is 17.9 Å². The minimum Gasteiger partial charge on any atom is -0.483 e. The Hall–Kier alpha value is -3.39. The van der Waals surface area contributed by atoms with Gasteiger partial charge >= 0.3 is 0 Å². The number of nitrogens with one attached hydrogen (secondary N) is 2. The zero-order chi connectivity index (χ0) is 20.0. The highest BCUT2D eigenvalue weighted by atomic mass is 32.2. The SMILES string of the molecule is Cc1ccccc1OCC(=O)Nc1ccc(S(=O)(=O)Nc2cccnc2)cc1. The molecule has 2 N–H and O–H groups in total. The Morgan fingerprint density at radius 3 is 2.43 bits per heavy atom. The summed E-state index contributed by atoms with van der Waals surface area (Å²) in [6.45, 7) is 1.75. The number of sulfonamides is 1. The molecule has 3 rings (SSSR count). The summed E-state index contributed by atoms with van der Waals surface area (Å²) in [6, 6.07) is 16.5. The van der Waals surface area contributed by atoms with Gasteiger partial charge < -0.3 is 10.1 Å². The topological polar surface area (TPSA) is 97.4 Å². The average Bonchev–Trinajstić information content (AvgIpc) is 2.68. The molecule has 0 radical (unpaired) electrons. The van der Waals surface area contributed by atoms with Crippen LogP contribution < -0.4 is 14.8 Å². The van der Waals surface area contributed by atoms with Gasteiger partial charge in [-0.05, 0) is 55.0 Å². The van der Waals surface area contributed by atoms with E-state index in [0.717, 1.165) is 5.56 Å². The molecule has 0 aliphatic carbocycles. The number of rotatable bonds is 7. The van der Waals surface area contributed by atoms with E-state index in [9.17, 15) is 13.2 Å². The molecule has 0 saturated heterocycles.